The van der Waals surface area contributed by atoms with Gasteiger partial charge in [0.05, 0.1) is 11.5 Å². The van der Waals surface area contributed by atoms with Crippen LogP contribution in [0.3, 0.4) is 0 Å². The van der Waals surface area contributed by atoms with Crippen molar-refractivity contribution in [1.29, 1.82) is 0 Å². The van der Waals surface area contributed by atoms with Crippen LogP contribution in [0.4, 0.5) is 5.69 Å². The van der Waals surface area contributed by atoms with Gasteiger partial charge in [-0.15, -0.1) is 0 Å². The average molecular weight is 409 g/mol. The molecule has 2 aromatic rings. The van der Waals surface area contributed by atoms with Gasteiger partial charge in [0.2, 0.25) is 11.8 Å². The Morgan fingerprint density at radius 2 is 2.03 bits per heavy atom. The molecule has 7 heteroatoms. The van der Waals surface area contributed by atoms with Gasteiger partial charge in [0, 0.05) is 36.6 Å². The van der Waals surface area contributed by atoms with E-state index >= 15 is 0 Å². The molecule has 1 spiro atoms. The van der Waals surface area contributed by atoms with E-state index in [2.05, 4.69) is 17.2 Å². The number of benzene rings is 1. The third-order valence-corrected chi connectivity index (χ3v) is 6.53. The number of fused-ring (bicyclic) bond motifs is 2. The standard InChI is InChI=1S/C23H28N4O3/c1-4-7-19-23(17-8-5-6-9-18(17)25-21(23)29)11-13-27(19)20(28)10-12-26-16(3)14-15(2)24-22(26)30/h5-6,8-9,14,19H,4,7,10-13H2,1-3H3,(H,25,29)/t19-,23+/m0/s1. The molecule has 0 aliphatic carbocycles. The third-order valence-electron chi connectivity index (χ3n) is 6.53. The van der Waals surface area contributed by atoms with E-state index in [4.69, 9.17) is 0 Å². The lowest BCUT2D eigenvalue weighted by molar-refractivity contribution is -0.133. The van der Waals surface area contributed by atoms with Gasteiger partial charge in [-0.25, -0.2) is 4.79 Å². The summed E-state index contributed by atoms with van der Waals surface area (Å²) in [5.74, 6) is -0.0263. The third kappa shape index (κ3) is 3.13. The smallest absolute Gasteiger partial charge is 0.338 e. The van der Waals surface area contributed by atoms with Crippen molar-refractivity contribution < 1.29 is 9.59 Å². The van der Waals surface area contributed by atoms with Crippen LogP contribution >= 0.6 is 0 Å². The van der Waals surface area contributed by atoms with Crippen molar-refractivity contribution >= 4 is 17.5 Å². The molecule has 0 unspecified atom stereocenters. The SMILES string of the molecule is CCC[C@@H]1N(C(=O)CCn2c(C)cc(C)nc2=O)CC[C@]12C(=O)Nc1ccccc12. The minimum atomic E-state index is -0.680. The Balaban J connectivity index is 1.59. The largest absolute Gasteiger partial charge is 0.347 e. The second-order valence-electron chi connectivity index (χ2n) is 8.34. The molecule has 2 amide bonds. The van der Waals surface area contributed by atoms with Crippen LogP contribution < -0.4 is 11.0 Å². The predicted octanol–water partition coefficient (Wildman–Crippen LogP) is 2.54. The number of anilines is 1. The summed E-state index contributed by atoms with van der Waals surface area (Å²) in [7, 11) is 0. The molecule has 3 heterocycles. The van der Waals surface area contributed by atoms with E-state index in [1.54, 1.807) is 11.5 Å². The minimum absolute atomic E-state index is 0.00718. The number of aryl methyl sites for hydroxylation is 2. The van der Waals surface area contributed by atoms with Crippen LogP contribution in [0.2, 0.25) is 0 Å². The molecule has 158 valence electrons. The molecule has 2 aliphatic rings. The molecule has 2 atom stereocenters. The summed E-state index contributed by atoms with van der Waals surface area (Å²) < 4.78 is 1.54. The first-order valence-electron chi connectivity index (χ1n) is 10.6. The predicted molar refractivity (Wildman–Crippen MR) is 114 cm³/mol. The molecular weight excluding hydrogens is 380 g/mol. The molecule has 0 bridgehead atoms. The van der Waals surface area contributed by atoms with Crippen molar-refractivity contribution in [3.8, 4) is 0 Å². The monoisotopic (exact) mass is 408 g/mol. The quantitative estimate of drug-likeness (QED) is 0.824. The van der Waals surface area contributed by atoms with Crippen LogP contribution in [0.15, 0.2) is 35.1 Å². The lowest BCUT2D eigenvalue weighted by Crippen LogP contribution is -2.49. The fraction of sp³-hybridized carbons (Fsp3) is 0.478. The van der Waals surface area contributed by atoms with Crippen LogP contribution in [0.5, 0.6) is 0 Å². The first kappa shape index (κ1) is 20.3. The van der Waals surface area contributed by atoms with Gasteiger partial charge >= 0.3 is 5.69 Å². The number of likely N-dealkylation sites (tertiary alicyclic amines) is 1. The topological polar surface area (TPSA) is 84.3 Å². The molecule has 1 N–H and O–H groups in total. The van der Waals surface area contributed by atoms with E-state index in [0.717, 1.165) is 29.8 Å². The lowest BCUT2D eigenvalue weighted by Gasteiger charge is -2.34. The Morgan fingerprint density at radius 3 is 2.77 bits per heavy atom. The van der Waals surface area contributed by atoms with E-state index in [1.165, 1.54) is 0 Å². The number of carbonyl (C=O) groups is 2. The zero-order valence-electron chi connectivity index (χ0n) is 17.8. The highest BCUT2D eigenvalue weighted by Crippen LogP contribution is 2.49. The van der Waals surface area contributed by atoms with Gasteiger partial charge in [-0.1, -0.05) is 31.5 Å². The molecule has 30 heavy (non-hydrogen) atoms. The second kappa shape index (κ2) is 7.70. The Bertz CT molecular complexity index is 1060. The molecule has 0 radical (unpaired) electrons. The molecular formula is C23H28N4O3. The highest BCUT2D eigenvalue weighted by atomic mass is 16.2. The van der Waals surface area contributed by atoms with E-state index < -0.39 is 5.41 Å². The Hall–Kier alpha value is -2.96. The van der Waals surface area contributed by atoms with Crippen molar-refractivity contribution in [2.75, 3.05) is 11.9 Å². The van der Waals surface area contributed by atoms with Gasteiger partial charge in [0.25, 0.3) is 0 Å². The number of nitrogens with one attached hydrogen (secondary N) is 1. The second-order valence-corrected chi connectivity index (χ2v) is 8.34. The van der Waals surface area contributed by atoms with Crippen LogP contribution in [-0.4, -0.2) is 38.9 Å². The number of nitrogens with zero attached hydrogens (tertiary/aromatic N) is 3. The van der Waals surface area contributed by atoms with Gasteiger partial charge in [0.1, 0.15) is 0 Å². The number of amides is 2. The summed E-state index contributed by atoms with van der Waals surface area (Å²) in [4.78, 5) is 44.4. The van der Waals surface area contributed by atoms with Gasteiger partial charge in [-0.3, -0.25) is 14.2 Å². The van der Waals surface area contributed by atoms with Crippen LogP contribution in [-0.2, 0) is 21.5 Å². The first-order valence-corrected chi connectivity index (χ1v) is 10.6. The highest BCUT2D eigenvalue weighted by Gasteiger charge is 2.58. The molecule has 2 aliphatic heterocycles. The molecule has 4 rings (SSSR count). The van der Waals surface area contributed by atoms with Crippen molar-refractivity contribution in [1.82, 2.24) is 14.5 Å². The van der Waals surface area contributed by atoms with Gasteiger partial charge in [0.15, 0.2) is 0 Å². The van der Waals surface area contributed by atoms with Gasteiger partial charge in [-0.2, -0.15) is 4.98 Å². The van der Waals surface area contributed by atoms with E-state index in [0.29, 0.717) is 25.2 Å². The summed E-state index contributed by atoms with van der Waals surface area (Å²) in [5, 5.41) is 3.03. The summed E-state index contributed by atoms with van der Waals surface area (Å²) in [6.07, 6.45) is 2.48. The number of hydrogen-bond donors (Lipinski definition) is 1. The van der Waals surface area contributed by atoms with Crippen molar-refractivity contribution in [3.05, 3.63) is 57.8 Å². The van der Waals surface area contributed by atoms with E-state index in [9.17, 15) is 14.4 Å². The fourth-order valence-electron chi connectivity index (χ4n) is 5.17. The number of carbonyl (C=O) groups excluding carboxylic acids is 2. The zero-order chi connectivity index (χ0) is 21.5. The van der Waals surface area contributed by atoms with Crippen molar-refractivity contribution in [2.45, 2.75) is 64.5 Å². The minimum Gasteiger partial charge on any atom is -0.338 e. The zero-order valence-corrected chi connectivity index (χ0v) is 17.8. The summed E-state index contributed by atoms with van der Waals surface area (Å²) in [6.45, 7) is 6.56. The highest BCUT2D eigenvalue weighted by molar-refractivity contribution is 6.07. The maximum absolute atomic E-state index is 13.2. The molecule has 1 aromatic carbocycles. The lowest BCUT2D eigenvalue weighted by atomic mass is 9.73. The maximum Gasteiger partial charge on any atom is 0.347 e. The Labute approximate surface area is 176 Å². The molecule has 0 saturated carbocycles. The maximum atomic E-state index is 13.2. The molecule has 1 aromatic heterocycles. The number of aromatic nitrogens is 2. The molecule has 1 saturated heterocycles. The van der Waals surface area contributed by atoms with Gasteiger partial charge in [-0.05, 0) is 44.4 Å². The first-order chi connectivity index (χ1) is 14.4. The Morgan fingerprint density at radius 1 is 1.27 bits per heavy atom. The molecule has 1 fully saturated rings. The van der Waals surface area contributed by atoms with E-state index in [-0.39, 0.29) is 30.0 Å². The van der Waals surface area contributed by atoms with Crippen LogP contribution in [0.1, 0.15) is 49.6 Å². The van der Waals surface area contributed by atoms with Crippen LogP contribution in [0, 0.1) is 13.8 Å². The average Bonchev–Trinajstić information content (AvgIpc) is 3.21. The molecule has 7 nitrogen and oxygen atoms in total. The van der Waals surface area contributed by atoms with E-state index in [1.807, 2.05) is 42.2 Å². The number of hydrogen-bond acceptors (Lipinski definition) is 4. The number of rotatable bonds is 5. The normalized spacial score (nSPS) is 22.4. The fourth-order valence-corrected chi connectivity index (χ4v) is 5.17. The summed E-state index contributed by atoms with van der Waals surface area (Å²) in [6, 6.07) is 9.47. The Kier molecular flexibility index (Phi) is 5.22. The van der Waals surface area contributed by atoms with Crippen molar-refractivity contribution in [3.63, 3.8) is 0 Å². The van der Waals surface area contributed by atoms with Crippen LogP contribution in [0.25, 0.3) is 0 Å². The van der Waals surface area contributed by atoms with Crippen molar-refractivity contribution in [2.24, 2.45) is 0 Å². The summed E-state index contributed by atoms with van der Waals surface area (Å²) in [5.41, 5.74) is 2.32. The summed E-state index contributed by atoms with van der Waals surface area (Å²) >= 11 is 0. The van der Waals surface area contributed by atoms with Gasteiger partial charge < -0.3 is 10.2 Å². The number of para-hydroxylation sites is 1.